The molecule has 1 amide bonds. The summed E-state index contributed by atoms with van der Waals surface area (Å²) in [6.07, 6.45) is 8.06. The molecule has 0 saturated carbocycles. The Morgan fingerprint density at radius 3 is 2.68 bits per heavy atom. The van der Waals surface area contributed by atoms with E-state index in [1.807, 2.05) is 30.6 Å². The van der Waals surface area contributed by atoms with Crippen molar-refractivity contribution in [3.05, 3.63) is 41.0 Å². The van der Waals surface area contributed by atoms with Crippen LogP contribution in [-0.2, 0) is 0 Å². The first-order valence-corrected chi connectivity index (χ1v) is 11.7. The highest BCUT2D eigenvalue weighted by Crippen LogP contribution is 2.37. The van der Waals surface area contributed by atoms with Crippen LogP contribution >= 0.6 is 22.7 Å². The molecule has 1 aliphatic heterocycles. The van der Waals surface area contributed by atoms with Crippen molar-refractivity contribution in [2.75, 3.05) is 24.5 Å². The number of hydrogen-bond acceptors (Lipinski definition) is 6. The number of carbonyl (C=O) groups is 1. The Balaban J connectivity index is 1.62. The van der Waals surface area contributed by atoms with Gasteiger partial charge in [0.1, 0.15) is 4.83 Å². The maximum Gasteiger partial charge on any atom is 0.264 e. The smallest absolute Gasteiger partial charge is 0.264 e. The predicted molar refractivity (Wildman–Crippen MR) is 118 cm³/mol. The largest absolute Gasteiger partial charge is 0.349 e. The second-order valence-corrected chi connectivity index (χ2v) is 9.13. The number of carbonyl (C=O) groups excluding carboxylic acids is 1. The molecule has 4 rings (SSSR count). The molecule has 0 radical (unpaired) electrons. The summed E-state index contributed by atoms with van der Waals surface area (Å²) in [6, 6.07) is 6.27. The van der Waals surface area contributed by atoms with Crippen molar-refractivity contribution in [2.45, 2.75) is 45.6 Å². The van der Waals surface area contributed by atoms with E-state index in [2.05, 4.69) is 28.6 Å². The van der Waals surface area contributed by atoms with Crippen molar-refractivity contribution in [1.82, 2.24) is 14.9 Å². The van der Waals surface area contributed by atoms with Crippen LogP contribution in [0.3, 0.4) is 0 Å². The molecule has 1 aliphatic rings. The molecule has 0 N–H and O–H groups in total. The summed E-state index contributed by atoms with van der Waals surface area (Å²) in [5, 5.41) is 1.05. The van der Waals surface area contributed by atoms with Crippen LogP contribution in [0.15, 0.2) is 30.6 Å². The Labute approximate surface area is 174 Å². The Kier molecular flexibility index (Phi) is 5.92. The summed E-state index contributed by atoms with van der Waals surface area (Å²) in [6.45, 7) is 7.00. The van der Waals surface area contributed by atoms with Gasteiger partial charge in [0.15, 0.2) is 5.13 Å². The van der Waals surface area contributed by atoms with Crippen molar-refractivity contribution < 1.29 is 4.79 Å². The number of amides is 1. The number of nitrogens with zero attached hydrogens (tertiary/aromatic N) is 4. The molecule has 148 valence electrons. The number of thiazole rings is 1. The number of anilines is 1. The van der Waals surface area contributed by atoms with Gasteiger partial charge in [0.25, 0.3) is 5.91 Å². The number of thiophene rings is 1. The maximum atomic E-state index is 13.4. The van der Waals surface area contributed by atoms with Gasteiger partial charge in [-0.2, -0.15) is 0 Å². The Morgan fingerprint density at radius 2 is 1.96 bits per heavy atom. The predicted octanol–water partition coefficient (Wildman–Crippen LogP) is 5.36. The van der Waals surface area contributed by atoms with Gasteiger partial charge in [0.05, 0.1) is 15.6 Å². The van der Waals surface area contributed by atoms with Gasteiger partial charge in [-0.05, 0) is 50.5 Å². The topological polar surface area (TPSA) is 49.3 Å². The summed E-state index contributed by atoms with van der Waals surface area (Å²) in [5.41, 5.74) is 1.19. The van der Waals surface area contributed by atoms with Crippen molar-refractivity contribution in [1.29, 1.82) is 0 Å². The van der Waals surface area contributed by atoms with Gasteiger partial charge >= 0.3 is 0 Å². The van der Waals surface area contributed by atoms with Gasteiger partial charge < -0.3 is 9.80 Å². The van der Waals surface area contributed by atoms with Gasteiger partial charge in [0.2, 0.25) is 0 Å². The van der Waals surface area contributed by atoms with Gasteiger partial charge in [-0.3, -0.25) is 9.78 Å². The normalized spacial score (nSPS) is 17.6. The van der Waals surface area contributed by atoms with Gasteiger partial charge in [-0.25, -0.2) is 4.98 Å². The van der Waals surface area contributed by atoms with Crippen LogP contribution in [0, 0.1) is 0 Å². The fraction of sp³-hybridized carbons (Fsp3) is 0.476. The highest BCUT2D eigenvalue weighted by molar-refractivity contribution is 7.29. The van der Waals surface area contributed by atoms with E-state index in [4.69, 9.17) is 4.98 Å². The average Bonchev–Trinajstić information content (AvgIpc) is 3.19. The molecule has 1 atom stereocenters. The molecule has 0 aliphatic carbocycles. The third kappa shape index (κ3) is 3.78. The van der Waals surface area contributed by atoms with Crippen LogP contribution in [0.4, 0.5) is 5.13 Å². The van der Waals surface area contributed by atoms with Gasteiger partial charge in [-0.15, -0.1) is 11.3 Å². The summed E-state index contributed by atoms with van der Waals surface area (Å²) in [5.74, 6) is 0.142. The monoisotopic (exact) mass is 414 g/mol. The van der Waals surface area contributed by atoms with Crippen molar-refractivity contribution in [2.24, 2.45) is 0 Å². The number of fused-ring (bicyclic) bond motifs is 1. The summed E-state index contributed by atoms with van der Waals surface area (Å²) in [7, 11) is 0. The molecule has 3 aromatic heterocycles. The summed E-state index contributed by atoms with van der Waals surface area (Å²) in [4.78, 5) is 28.5. The zero-order chi connectivity index (χ0) is 19.5. The molecule has 0 bridgehead atoms. The molecular formula is C21H26N4OS2. The molecule has 5 nitrogen and oxygen atoms in total. The second-order valence-electron chi connectivity index (χ2n) is 7.09. The van der Waals surface area contributed by atoms with E-state index in [9.17, 15) is 4.79 Å². The van der Waals surface area contributed by atoms with Crippen LogP contribution in [0.25, 0.3) is 9.53 Å². The SMILES string of the molecule is CCN(CC)c1nc2sc(C(=O)N3CCCCCC3c3ccncc3)cc2s1. The van der Waals surface area contributed by atoms with Gasteiger partial charge in [-0.1, -0.05) is 24.2 Å². The van der Waals surface area contributed by atoms with Crippen LogP contribution in [0.1, 0.15) is 60.8 Å². The van der Waals surface area contributed by atoms with E-state index >= 15 is 0 Å². The molecule has 0 spiro atoms. The first-order chi connectivity index (χ1) is 13.7. The Hall–Kier alpha value is -1.99. The van der Waals surface area contributed by atoms with Crippen LogP contribution in [0.2, 0.25) is 0 Å². The van der Waals surface area contributed by atoms with Crippen molar-refractivity contribution in [3.63, 3.8) is 0 Å². The molecule has 1 unspecified atom stereocenters. The highest BCUT2D eigenvalue weighted by atomic mass is 32.1. The maximum absolute atomic E-state index is 13.4. The molecule has 0 aromatic carbocycles. The lowest BCUT2D eigenvalue weighted by molar-refractivity contribution is 0.0686. The highest BCUT2D eigenvalue weighted by Gasteiger charge is 2.29. The van der Waals surface area contributed by atoms with E-state index < -0.39 is 0 Å². The first-order valence-electron chi connectivity index (χ1n) is 10.1. The number of rotatable bonds is 5. The second kappa shape index (κ2) is 8.57. The van der Waals surface area contributed by atoms with E-state index in [-0.39, 0.29) is 11.9 Å². The minimum atomic E-state index is 0.136. The molecule has 1 saturated heterocycles. The number of aromatic nitrogens is 2. The summed E-state index contributed by atoms with van der Waals surface area (Å²) < 4.78 is 1.12. The lowest BCUT2D eigenvalue weighted by Gasteiger charge is -2.30. The number of pyridine rings is 1. The van der Waals surface area contributed by atoms with Crippen LogP contribution in [0.5, 0.6) is 0 Å². The lowest BCUT2D eigenvalue weighted by atomic mass is 10.0. The first kappa shape index (κ1) is 19.3. The fourth-order valence-electron chi connectivity index (χ4n) is 3.88. The van der Waals surface area contributed by atoms with E-state index in [1.54, 1.807) is 11.3 Å². The van der Waals surface area contributed by atoms with E-state index in [1.165, 1.54) is 23.3 Å². The molecule has 7 heteroatoms. The quantitative estimate of drug-likeness (QED) is 0.564. The fourth-order valence-corrected chi connectivity index (χ4v) is 6.18. The molecular weight excluding hydrogens is 388 g/mol. The third-order valence-corrected chi connectivity index (χ3v) is 7.64. The summed E-state index contributed by atoms with van der Waals surface area (Å²) >= 11 is 3.22. The van der Waals surface area contributed by atoms with E-state index in [0.29, 0.717) is 0 Å². The zero-order valence-electron chi connectivity index (χ0n) is 16.4. The van der Waals surface area contributed by atoms with Crippen molar-refractivity contribution in [3.8, 4) is 0 Å². The van der Waals surface area contributed by atoms with Crippen molar-refractivity contribution >= 4 is 43.2 Å². The Morgan fingerprint density at radius 1 is 1.18 bits per heavy atom. The lowest BCUT2D eigenvalue weighted by Crippen LogP contribution is -2.34. The average molecular weight is 415 g/mol. The minimum Gasteiger partial charge on any atom is -0.349 e. The van der Waals surface area contributed by atoms with Gasteiger partial charge in [0, 0.05) is 32.0 Å². The number of hydrogen-bond donors (Lipinski definition) is 0. The molecule has 1 fully saturated rings. The zero-order valence-corrected chi connectivity index (χ0v) is 18.1. The standard InChI is InChI=1S/C21H26N4OS2/c1-3-24(4-2)21-23-19-17(28-21)14-18(27-19)20(26)25-13-7-5-6-8-16(25)15-9-11-22-12-10-15/h9-12,14,16H,3-8,13H2,1-2H3. The van der Waals surface area contributed by atoms with Crippen LogP contribution < -0.4 is 4.90 Å². The van der Waals surface area contributed by atoms with E-state index in [0.717, 1.165) is 58.4 Å². The molecule has 4 heterocycles. The number of likely N-dealkylation sites (tertiary alicyclic amines) is 1. The third-order valence-electron chi connectivity index (χ3n) is 5.43. The minimum absolute atomic E-state index is 0.136. The molecule has 3 aromatic rings. The Bertz CT molecular complexity index is 901. The molecule has 28 heavy (non-hydrogen) atoms. The van der Waals surface area contributed by atoms with Crippen LogP contribution in [-0.4, -0.2) is 40.4 Å².